The molecule has 90 valence electrons. The highest BCUT2D eigenvalue weighted by atomic mass is 79.9. The molecule has 0 heterocycles. The Balaban J connectivity index is 3.29. The maximum Gasteiger partial charge on any atom is 0.242 e. The molecule has 0 radical (unpaired) electrons. The van der Waals surface area contributed by atoms with E-state index in [1.807, 2.05) is 0 Å². The number of anilines is 1. The summed E-state index contributed by atoms with van der Waals surface area (Å²) in [7, 11) is -3.70. The van der Waals surface area contributed by atoms with Crippen molar-refractivity contribution in [3.63, 3.8) is 0 Å². The topological polar surface area (TPSA) is 72.2 Å². The quantitative estimate of drug-likeness (QED) is 0.837. The molecule has 0 aliphatic carbocycles. The maximum atomic E-state index is 13.1. The van der Waals surface area contributed by atoms with Gasteiger partial charge in [0, 0.05) is 6.04 Å². The average Bonchev–Trinajstić information content (AvgIpc) is 2.08. The number of nitrogens with two attached hydrogens (primary N) is 1. The smallest absolute Gasteiger partial charge is 0.242 e. The van der Waals surface area contributed by atoms with E-state index in [0.29, 0.717) is 0 Å². The van der Waals surface area contributed by atoms with E-state index >= 15 is 0 Å². The van der Waals surface area contributed by atoms with Gasteiger partial charge in [0.05, 0.1) is 10.2 Å². The van der Waals surface area contributed by atoms with Gasteiger partial charge in [-0.25, -0.2) is 17.5 Å². The van der Waals surface area contributed by atoms with Crippen LogP contribution in [0.2, 0.25) is 0 Å². The van der Waals surface area contributed by atoms with Gasteiger partial charge >= 0.3 is 0 Å². The first-order valence-electron chi connectivity index (χ1n) is 4.51. The van der Waals surface area contributed by atoms with Crippen LogP contribution < -0.4 is 10.5 Å². The van der Waals surface area contributed by atoms with Gasteiger partial charge < -0.3 is 5.73 Å². The van der Waals surface area contributed by atoms with Gasteiger partial charge in [0.15, 0.2) is 0 Å². The zero-order valence-corrected chi connectivity index (χ0v) is 11.2. The minimum atomic E-state index is -3.70. The van der Waals surface area contributed by atoms with Gasteiger partial charge in [-0.05, 0) is 41.9 Å². The van der Waals surface area contributed by atoms with Gasteiger partial charge in [-0.3, -0.25) is 0 Å². The molecular formula is C9H12BrFN2O2S. The molecule has 1 rings (SSSR count). The Kier molecular flexibility index (Phi) is 3.92. The molecule has 0 atom stereocenters. The standard InChI is InChI=1S/C9H12BrFN2O2S/c1-5(2)13-16(14,15)9-3-6(10)7(11)4-8(9)12/h3-5,13H,12H2,1-2H3. The molecular weight excluding hydrogens is 299 g/mol. The molecule has 0 spiro atoms. The molecule has 7 heteroatoms. The lowest BCUT2D eigenvalue weighted by atomic mass is 10.3. The second-order valence-corrected chi connectivity index (χ2v) is 6.12. The first kappa shape index (κ1) is 13.4. The predicted molar refractivity (Wildman–Crippen MR) is 64.0 cm³/mol. The van der Waals surface area contributed by atoms with Crippen LogP contribution in [0, 0.1) is 5.82 Å². The summed E-state index contributed by atoms with van der Waals surface area (Å²) < 4.78 is 39.1. The summed E-state index contributed by atoms with van der Waals surface area (Å²) >= 11 is 2.92. The molecule has 0 unspecified atom stereocenters. The highest BCUT2D eigenvalue weighted by Gasteiger charge is 2.20. The number of nitrogens with one attached hydrogen (secondary N) is 1. The largest absolute Gasteiger partial charge is 0.398 e. The van der Waals surface area contributed by atoms with Crippen LogP contribution >= 0.6 is 15.9 Å². The number of hydrogen-bond donors (Lipinski definition) is 2. The van der Waals surface area contributed by atoms with Crippen LogP contribution in [0.3, 0.4) is 0 Å². The fourth-order valence-electron chi connectivity index (χ4n) is 1.15. The average molecular weight is 311 g/mol. The third-order valence-corrected chi connectivity index (χ3v) is 4.06. The molecule has 0 saturated heterocycles. The first-order valence-corrected chi connectivity index (χ1v) is 6.78. The van der Waals surface area contributed by atoms with E-state index in [9.17, 15) is 12.8 Å². The zero-order chi connectivity index (χ0) is 12.5. The Bertz CT molecular complexity index is 502. The molecule has 0 aromatic heterocycles. The summed E-state index contributed by atoms with van der Waals surface area (Å²) in [4.78, 5) is -0.130. The fourth-order valence-corrected chi connectivity index (χ4v) is 3.04. The van der Waals surface area contributed by atoms with Crippen LogP contribution in [0.15, 0.2) is 21.5 Å². The molecule has 3 N–H and O–H groups in total. The van der Waals surface area contributed by atoms with E-state index in [0.717, 1.165) is 12.1 Å². The van der Waals surface area contributed by atoms with Crippen LogP contribution in [0.25, 0.3) is 0 Å². The Hall–Kier alpha value is -0.660. The van der Waals surface area contributed by atoms with Crippen LogP contribution in [-0.4, -0.2) is 14.5 Å². The molecule has 1 aromatic rings. The fraction of sp³-hybridized carbons (Fsp3) is 0.333. The lowest BCUT2D eigenvalue weighted by molar-refractivity contribution is 0.569. The Morgan fingerprint density at radius 3 is 2.50 bits per heavy atom. The predicted octanol–water partition coefficient (Wildman–Crippen LogP) is 1.86. The second kappa shape index (κ2) is 4.68. The van der Waals surface area contributed by atoms with Crippen LogP contribution in [0.4, 0.5) is 10.1 Å². The van der Waals surface area contributed by atoms with Crippen molar-refractivity contribution in [2.24, 2.45) is 0 Å². The summed E-state index contributed by atoms with van der Waals surface area (Å²) in [6.45, 7) is 3.37. The van der Waals surface area contributed by atoms with Gasteiger partial charge in [0.25, 0.3) is 0 Å². The highest BCUT2D eigenvalue weighted by Crippen LogP contribution is 2.26. The molecule has 0 amide bonds. The minimum Gasteiger partial charge on any atom is -0.398 e. The minimum absolute atomic E-state index is 0.0610. The van der Waals surface area contributed by atoms with E-state index in [1.165, 1.54) is 0 Å². The molecule has 0 fully saturated rings. The second-order valence-electron chi connectivity index (χ2n) is 3.58. The number of benzene rings is 1. The Labute approximate surface area is 102 Å². The van der Waals surface area contributed by atoms with Crippen molar-refractivity contribution in [1.29, 1.82) is 0 Å². The molecule has 4 nitrogen and oxygen atoms in total. The van der Waals surface area contributed by atoms with Gasteiger partial charge in [-0.15, -0.1) is 0 Å². The highest BCUT2D eigenvalue weighted by molar-refractivity contribution is 9.10. The third-order valence-electron chi connectivity index (χ3n) is 1.73. The third kappa shape index (κ3) is 2.93. The van der Waals surface area contributed by atoms with E-state index in [4.69, 9.17) is 5.73 Å². The molecule has 16 heavy (non-hydrogen) atoms. The lowest BCUT2D eigenvalue weighted by Crippen LogP contribution is -2.30. The van der Waals surface area contributed by atoms with E-state index in [-0.39, 0.29) is 21.1 Å². The van der Waals surface area contributed by atoms with E-state index in [1.54, 1.807) is 13.8 Å². The molecule has 0 bridgehead atoms. The number of hydrogen-bond acceptors (Lipinski definition) is 3. The zero-order valence-electron chi connectivity index (χ0n) is 8.79. The summed E-state index contributed by atoms with van der Waals surface area (Å²) in [6, 6.07) is 1.86. The number of sulfonamides is 1. The van der Waals surface area contributed by atoms with Crippen molar-refractivity contribution in [1.82, 2.24) is 4.72 Å². The first-order chi connectivity index (χ1) is 7.24. The summed E-state index contributed by atoms with van der Waals surface area (Å²) in [5.74, 6) is -0.596. The van der Waals surface area contributed by atoms with Crippen LogP contribution in [0.1, 0.15) is 13.8 Å². The Morgan fingerprint density at radius 2 is 2.00 bits per heavy atom. The normalized spacial score (nSPS) is 12.1. The molecule has 0 aliphatic heterocycles. The van der Waals surface area contributed by atoms with Crippen molar-refractivity contribution >= 4 is 31.6 Å². The van der Waals surface area contributed by atoms with Crippen LogP contribution in [0.5, 0.6) is 0 Å². The lowest BCUT2D eigenvalue weighted by Gasteiger charge is -2.12. The van der Waals surface area contributed by atoms with E-state index in [2.05, 4.69) is 20.7 Å². The molecule has 0 saturated carbocycles. The van der Waals surface area contributed by atoms with Gasteiger partial charge in [-0.2, -0.15) is 0 Å². The van der Waals surface area contributed by atoms with Crippen molar-refractivity contribution in [2.45, 2.75) is 24.8 Å². The Morgan fingerprint density at radius 1 is 1.44 bits per heavy atom. The van der Waals surface area contributed by atoms with Crippen LogP contribution in [-0.2, 0) is 10.0 Å². The van der Waals surface area contributed by atoms with Crippen molar-refractivity contribution in [2.75, 3.05) is 5.73 Å². The molecule has 1 aromatic carbocycles. The van der Waals surface area contributed by atoms with Crippen molar-refractivity contribution in [3.05, 3.63) is 22.4 Å². The number of halogens is 2. The van der Waals surface area contributed by atoms with E-state index < -0.39 is 15.8 Å². The van der Waals surface area contributed by atoms with Gasteiger partial charge in [0.2, 0.25) is 10.0 Å². The summed E-state index contributed by atoms with van der Waals surface area (Å²) in [5, 5.41) is 0. The van der Waals surface area contributed by atoms with Crippen molar-refractivity contribution in [3.8, 4) is 0 Å². The van der Waals surface area contributed by atoms with Gasteiger partial charge in [-0.1, -0.05) is 0 Å². The maximum absolute atomic E-state index is 13.1. The molecule has 0 aliphatic rings. The monoisotopic (exact) mass is 310 g/mol. The SMILES string of the molecule is CC(C)NS(=O)(=O)c1cc(Br)c(F)cc1N. The van der Waals surface area contributed by atoms with Crippen molar-refractivity contribution < 1.29 is 12.8 Å². The van der Waals surface area contributed by atoms with Gasteiger partial charge in [0.1, 0.15) is 10.7 Å². The number of nitrogen functional groups attached to an aromatic ring is 1. The number of rotatable bonds is 3. The summed E-state index contributed by atoms with van der Waals surface area (Å²) in [6.07, 6.45) is 0. The summed E-state index contributed by atoms with van der Waals surface area (Å²) in [5.41, 5.74) is 5.36.